The van der Waals surface area contributed by atoms with E-state index in [1.54, 1.807) is 24.3 Å². The van der Waals surface area contributed by atoms with Gasteiger partial charge < -0.3 is 15.4 Å². The maximum absolute atomic E-state index is 13.6. The molecule has 0 aliphatic carbocycles. The minimum atomic E-state index is -1.75. The number of esters is 1. The molecule has 3 aromatic rings. The molecule has 0 radical (unpaired) electrons. The summed E-state index contributed by atoms with van der Waals surface area (Å²) in [7, 11) is 0. The number of aromatic nitrogens is 2. The van der Waals surface area contributed by atoms with Crippen molar-refractivity contribution in [3.63, 3.8) is 0 Å². The van der Waals surface area contributed by atoms with Crippen LogP contribution in [0.3, 0.4) is 0 Å². The van der Waals surface area contributed by atoms with Gasteiger partial charge in [0, 0.05) is 6.07 Å². The Balaban J connectivity index is 1.55. The molecule has 2 aromatic carbocycles. The third-order valence-electron chi connectivity index (χ3n) is 4.64. The van der Waals surface area contributed by atoms with Gasteiger partial charge in [-0.2, -0.15) is 5.10 Å². The number of rotatable bonds is 8. The summed E-state index contributed by atoms with van der Waals surface area (Å²) in [5, 5.41) is 8.11. The second-order valence-corrected chi connectivity index (χ2v) is 7.24. The van der Waals surface area contributed by atoms with Crippen LogP contribution in [0.1, 0.15) is 23.0 Å². The predicted octanol–water partition coefficient (Wildman–Crippen LogP) is 2.01. The van der Waals surface area contributed by atoms with E-state index in [9.17, 15) is 32.3 Å². The quantitative estimate of drug-likeness (QED) is 0.370. The molecule has 0 bridgehead atoms. The highest BCUT2D eigenvalue weighted by Crippen LogP contribution is 2.19. The van der Waals surface area contributed by atoms with Crippen molar-refractivity contribution in [1.82, 2.24) is 15.1 Å². The maximum atomic E-state index is 13.6. The van der Waals surface area contributed by atoms with E-state index in [2.05, 4.69) is 10.4 Å². The average molecular weight is 488 g/mol. The molecule has 1 aromatic heterocycles. The van der Waals surface area contributed by atoms with E-state index in [0.29, 0.717) is 6.07 Å². The van der Waals surface area contributed by atoms with Gasteiger partial charge in [-0.05, 0) is 30.7 Å². The van der Waals surface area contributed by atoms with E-state index in [1.807, 2.05) is 11.4 Å². The summed E-state index contributed by atoms with van der Waals surface area (Å²) < 4.78 is 45.9. The molecule has 1 heterocycles. The van der Waals surface area contributed by atoms with Crippen LogP contribution in [0, 0.1) is 17.5 Å². The molecule has 0 saturated heterocycles. The van der Waals surface area contributed by atoms with Gasteiger partial charge in [-0.15, -0.1) is 0 Å². The standard InChI is InChI=1S/C23H19F3N4O5/c1-13(22(33)27-11-18(31)28-16-8-7-15(24)20(25)21(16)26)35-23(34)17-9-10-19(32)30(29-17)12-14-5-3-2-4-6-14/h2-10,13H,11-12H2,1H3,(H,27,33)(H,28,31). The lowest BCUT2D eigenvalue weighted by atomic mass is 10.2. The Morgan fingerprint density at radius 3 is 2.43 bits per heavy atom. The number of anilines is 1. The van der Waals surface area contributed by atoms with Gasteiger partial charge in [-0.3, -0.25) is 14.4 Å². The lowest BCUT2D eigenvalue weighted by Gasteiger charge is -2.14. The van der Waals surface area contributed by atoms with Gasteiger partial charge in [-0.1, -0.05) is 30.3 Å². The van der Waals surface area contributed by atoms with E-state index >= 15 is 0 Å². The first-order valence-electron chi connectivity index (χ1n) is 10.2. The number of carbonyl (C=O) groups is 3. The van der Waals surface area contributed by atoms with Crippen molar-refractivity contribution in [2.45, 2.75) is 19.6 Å². The average Bonchev–Trinajstić information content (AvgIpc) is 2.84. The van der Waals surface area contributed by atoms with E-state index < -0.39 is 59.1 Å². The number of amides is 2. The Morgan fingerprint density at radius 2 is 1.71 bits per heavy atom. The second-order valence-electron chi connectivity index (χ2n) is 7.24. The molecule has 0 aliphatic rings. The molecule has 35 heavy (non-hydrogen) atoms. The Bertz CT molecular complexity index is 1310. The van der Waals surface area contributed by atoms with Gasteiger partial charge in [0.25, 0.3) is 11.5 Å². The third kappa shape index (κ3) is 6.53. The van der Waals surface area contributed by atoms with Crippen LogP contribution in [0.15, 0.2) is 59.4 Å². The van der Waals surface area contributed by atoms with Crippen molar-refractivity contribution >= 4 is 23.5 Å². The lowest BCUT2D eigenvalue weighted by Crippen LogP contribution is -2.40. The number of nitrogens with zero attached hydrogens (tertiary/aromatic N) is 2. The van der Waals surface area contributed by atoms with Gasteiger partial charge >= 0.3 is 5.97 Å². The van der Waals surface area contributed by atoms with Gasteiger partial charge in [-0.25, -0.2) is 22.6 Å². The number of carbonyl (C=O) groups excluding carboxylic acids is 3. The van der Waals surface area contributed by atoms with Gasteiger partial charge in [0.2, 0.25) is 5.91 Å². The zero-order chi connectivity index (χ0) is 25.5. The van der Waals surface area contributed by atoms with Crippen molar-refractivity contribution in [1.29, 1.82) is 0 Å². The van der Waals surface area contributed by atoms with Crippen molar-refractivity contribution in [3.8, 4) is 0 Å². The number of hydrogen-bond acceptors (Lipinski definition) is 6. The largest absolute Gasteiger partial charge is 0.448 e. The minimum Gasteiger partial charge on any atom is -0.448 e. The van der Waals surface area contributed by atoms with Crippen LogP contribution in [0.25, 0.3) is 0 Å². The maximum Gasteiger partial charge on any atom is 0.359 e. The molecular formula is C23H19F3N4O5. The van der Waals surface area contributed by atoms with E-state index in [4.69, 9.17) is 4.74 Å². The van der Waals surface area contributed by atoms with Crippen LogP contribution >= 0.6 is 0 Å². The van der Waals surface area contributed by atoms with Gasteiger partial charge in [0.1, 0.15) is 0 Å². The summed E-state index contributed by atoms with van der Waals surface area (Å²) in [6.07, 6.45) is -1.35. The highest BCUT2D eigenvalue weighted by molar-refractivity contribution is 5.96. The Morgan fingerprint density at radius 1 is 1.00 bits per heavy atom. The summed E-state index contributed by atoms with van der Waals surface area (Å²) in [6, 6.07) is 12.7. The Labute approximate surface area is 196 Å². The monoisotopic (exact) mass is 488 g/mol. The molecule has 9 nitrogen and oxygen atoms in total. The molecule has 0 saturated carbocycles. The number of benzene rings is 2. The molecule has 3 rings (SSSR count). The number of nitrogens with one attached hydrogen (secondary N) is 2. The third-order valence-corrected chi connectivity index (χ3v) is 4.64. The molecule has 1 unspecified atom stereocenters. The summed E-state index contributed by atoms with van der Waals surface area (Å²) in [4.78, 5) is 48.5. The highest BCUT2D eigenvalue weighted by atomic mass is 19.2. The van der Waals surface area contributed by atoms with E-state index in [-0.39, 0.29) is 12.2 Å². The normalized spacial score (nSPS) is 11.4. The molecule has 0 spiro atoms. The number of hydrogen-bond donors (Lipinski definition) is 2. The van der Waals surface area contributed by atoms with Crippen LogP contribution in [0.2, 0.25) is 0 Å². The Kier molecular flexibility index (Phi) is 7.97. The van der Waals surface area contributed by atoms with Gasteiger partial charge in [0.05, 0.1) is 18.8 Å². The minimum absolute atomic E-state index is 0.116. The van der Waals surface area contributed by atoms with Crippen LogP contribution in [-0.2, 0) is 20.9 Å². The fraction of sp³-hybridized carbons (Fsp3) is 0.174. The SMILES string of the molecule is CC(OC(=O)c1ccc(=O)n(Cc2ccccc2)n1)C(=O)NCC(=O)Nc1ccc(F)c(F)c1F. The molecule has 182 valence electrons. The first kappa shape index (κ1) is 25.1. The number of halogens is 3. The van der Waals surface area contributed by atoms with Crippen LogP contribution in [0.4, 0.5) is 18.9 Å². The summed E-state index contributed by atoms with van der Waals surface area (Å²) >= 11 is 0. The highest BCUT2D eigenvalue weighted by Gasteiger charge is 2.22. The second kappa shape index (κ2) is 11.1. The lowest BCUT2D eigenvalue weighted by molar-refractivity contribution is -0.130. The van der Waals surface area contributed by atoms with Crippen molar-refractivity contribution in [2.75, 3.05) is 11.9 Å². The fourth-order valence-electron chi connectivity index (χ4n) is 2.83. The zero-order valence-electron chi connectivity index (χ0n) is 18.3. The molecule has 0 aliphatic heterocycles. The van der Waals surface area contributed by atoms with E-state index in [1.165, 1.54) is 6.92 Å². The molecule has 2 amide bonds. The fourth-order valence-corrected chi connectivity index (χ4v) is 2.83. The Hall–Kier alpha value is -4.48. The first-order chi connectivity index (χ1) is 16.7. The topological polar surface area (TPSA) is 119 Å². The summed E-state index contributed by atoms with van der Waals surface area (Å²) in [5.74, 6) is -7.55. The molecule has 1 atom stereocenters. The summed E-state index contributed by atoms with van der Waals surface area (Å²) in [6.45, 7) is 0.685. The predicted molar refractivity (Wildman–Crippen MR) is 117 cm³/mol. The van der Waals surface area contributed by atoms with Crippen molar-refractivity contribution in [3.05, 3.63) is 93.7 Å². The molecule has 2 N–H and O–H groups in total. The summed E-state index contributed by atoms with van der Waals surface area (Å²) in [5.41, 5.74) is -0.493. The van der Waals surface area contributed by atoms with Crippen LogP contribution < -0.4 is 16.2 Å². The molecular weight excluding hydrogens is 469 g/mol. The van der Waals surface area contributed by atoms with Crippen LogP contribution in [0.5, 0.6) is 0 Å². The number of ether oxygens (including phenoxy) is 1. The first-order valence-corrected chi connectivity index (χ1v) is 10.2. The van der Waals surface area contributed by atoms with Crippen LogP contribution in [-0.4, -0.2) is 40.2 Å². The van der Waals surface area contributed by atoms with Crippen molar-refractivity contribution in [2.24, 2.45) is 0 Å². The van der Waals surface area contributed by atoms with Crippen molar-refractivity contribution < 1.29 is 32.3 Å². The van der Waals surface area contributed by atoms with E-state index in [0.717, 1.165) is 28.4 Å². The smallest absolute Gasteiger partial charge is 0.359 e. The molecule has 0 fully saturated rings. The molecule has 12 heteroatoms. The zero-order valence-corrected chi connectivity index (χ0v) is 18.3. The van der Waals surface area contributed by atoms with Gasteiger partial charge in [0.15, 0.2) is 29.2 Å².